The summed E-state index contributed by atoms with van der Waals surface area (Å²) in [6, 6.07) is -0.0449. The van der Waals surface area contributed by atoms with Crippen molar-refractivity contribution in [2.45, 2.75) is 32.7 Å². The molecule has 6 nitrogen and oxygen atoms in total. The Morgan fingerprint density at radius 3 is 2.30 bits per heavy atom. The van der Waals surface area contributed by atoms with E-state index >= 15 is 0 Å². The van der Waals surface area contributed by atoms with Crippen LogP contribution in [0, 0.1) is 17.8 Å². The van der Waals surface area contributed by atoms with Gasteiger partial charge in [0.15, 0.2) is 0 Å². The second-order valence-corrected chi connectivity index (χ2v) is 6.11. The summed E-state index contributed by atoms with van der Waals surface area (Å²) in [5.74, 6) is 0.888. The van der Waals surface area contributed by atoms with E-state index in [4.69, 9.17) is 5.73 Å². The van der Waals surface area contributed by atoms with Gasteiger partial charge in [0.05, 0.1) is 0 Å². The minimum absolute atomic E-state index is 0.00856. The Balaban J connectivity index is 2.30. The Bertz CT molecular complexity index is 346. The van der Waals surface area contributed by atoms with Crippen molar-refractivity contribution in [1.29, 1.82) is 0 Å². The summed E-state index contributed by atoms with van der Waals surface area (Å²) >= 11 is 0. The number of carbonyl (C=O) groups is 2. The molecule has 4 unspecified atom stereocenters. The smallest absolute Gasteiger partial charge is 0.316 e. The SMILES string of the molecule is CC1CC(C)C(C(=O)NCCNC(=O)N(C)C)CC1N. The summed E-state index contributed by atoms with van der Waals surface area (Å²) in [5.41, 5.74) is 6.05. The quantitative estimate of drug-likeness (QED) is 0.652. The third kappa shape index (κ3) is 4.67. The lowest BCUT2D eigenvalue weighted by molar-refractivity contribution is -0.128. The molecule has 1 aliphatic carbocycles. The summed E-state index contributed by atoms with van der Waals surface area (Å²) in [5, 5.41) is 5.60. The topological polar surface area (TPSA) is 87.5 Å². The molecule has 0 radical (unpaired) electrons. The van der Waals surface area contributed by atoms with E-state index in [1.165, 1.54) is 4.90 Å². The summed E-state index contributed by atoms with van der Waals surface area (Å²) in [6.45, 7) is 5.14. The molecule has 6 heteroatoms. The minimum atomic E-state index is -0.152. The number of rotatable bonds is 4. The van der Waals surface area contributed by atoms with Crippen LogP contribution in [0.25, 0.3) is 0 Å². The number of carbonyl (C=O) groups excluding carboxylic acids is 2. The molecule has 0 saturated heterocycles. The van der Waals surface area contributed by atoms with Crippen molar-refractivity contribution in [3.63, 3.8) is 0 Å². The molecule has 4 N–H and O–H groups in total. The molecular weight excluding hydrogens is 256 g/mol. The van der Waals surface area contributed by atoms with Gasteiger partial charge in [-0.05, 0) is 24.7 Å². The minimum Gasteiger partial charge on any atom is -0.354 e. The van der Waals surface area contributed by atoms with E-state index in [-0.39, 0.29) is 23.9 Å². The van der Waals surface area contributed by atoms with Crippen LogP contribution in [0.5, 0.6) is 0 Å². The van der Waals surface area contributed by atoms with E-state index in [9.17, 15) is 9.59 Å². The molecule has 1 aliphatic rings. The van der Waals surface area contributed by atoms with Crippen LogP contribution in [-0.2, 0) is 4.79 Å². The Hall–Kier alpha value is -1.30. The van der Waals surface area contributed by atoms with Crippen molar-refractivity contribution in [3.05, 3.63) is 0 Å². The largest absolute Gasteiger partial charge is 0.354 e. The van der Waals surface area contributed by atoms with Gasteiger partial charge in [-0.15, -0.1) is 0 Å². The van der Waals surface area contributed by atoms with Crippen LogP contribution in [0.3, 0.4) is 0 Å². The highest BCUT2D eigenvalue weighted by Gasteiger charge is 2.34. The van der Waals surface area contributed by atoms with Crippen LogP contribution >= 0.6 is 0 Å². The van der Waals surface area contributed by atoms with Gasteiger partial charge in [-0.1, -0.05) is 13.8 Å². The summed E-state index contributed by atoms with van der Waals surface area (Å²) in [4.78, 5) is 24.9. The first-order valence-corrected chi connectivity index (χ1v) is 7.31. The van der Waals surface area contributed by atoms with Crippen LogP contribution < -0.4 is 16.4 Å². The monoisotopic (exact) mass is 284 g/mol. The lowest BCUT2D eigenvalue weighted by Gasteiger charge is -2.36. The number of urea groups is 1. The van der Waals surface area contributed by atoms with E-state index in [0.29, 0.717) is 24.9 Å². The molecule has 0 aromatic rings. The Morgan fingerprint density at radius 2 is 1.70 bits per heavy atom. The van der Waals surface area contributed by atoms with Gasteiger partial charge in [0, 0.05) is 39.1 Å². The molecule has 0 spiro atoms. The van der Waals surface area contributed by atoms with Crippen molar-refractivity contribution >= 4 is 11.9 Å². The molecule has 1 rings (SSSR count). The second kappa shape index (κ2) is 7.47. The van der Waals surface area contributed by atoms with Crippen molar-refractivity contribution in [2.75, 3.05) is 27.2 Å². The third-order valence-electron chi connectivity index (χ3n) is 4.13. The highest BCUT2D eigenvalue weighted by Crippen LogP contribution is 2.32. The Morgan fingerprint density at radius 1 is 1.10 bits per heavy atom. The van der Waals surface area contributed by atoms with Gasteiger partial charge in [-0.25, -0.2) is 4.79 Å². The molecule has 1 fully saturated rings. The number of hydrogen-bond donors (Lipinski definition) is 3. The lowest BCUT2D eigenvalue weighted by atomic mass is 9.72. The van der Waals surface area contributed by atoms with Crippen LogP contribution in [-0.4, -0.2) is 50.1 Å². The maximum absolute atomic E-state index is 12.1. The zero-order chi connectivity index (χ0) is 15.3. The molecule has 4 atom stereocenters. The Kier molecular flexibility index (Phi) is 6.26. The first kappa shape index (κ1) is 16.8. The standard InChI is InChI=1S/C14H28N4O2/c1-9-7-10(2)12(15)8-11(9)13(19)16-5-6-17-14(20)18(3)4/h9-12H,5-8,15H2,1-4H3,(H,16,19)(H,17,20). The molecular formula is C14H28N4O2. The molecule has 3 amide bonds. The van der Waals surface area contributed by atoms with Crippen molar-refractivity contribution in [2.24, 2.45) is 23.5 Å². The van der Waals surface area contributed by atoms with Gasteiger partial charge < -0.3 is 21.3 Å². The van der Waals surface area contributed by atoms with Crippen LogP contribution in [0.15, 0.2) is 0 Å². The average Bonchev–Trinajstić information content (AvgIpc) is 2.38. The molecule has 0 aromatic carbocycles. The fourth-order valence-corrected chi connectivity index (χ4v) is 2.69. The zero-order valence-electron chi connectivity index (χ0n) is 13.0. The van der Waals surface area contributed by atoms with Gasteiger partial charge in [-0.3, -0.25) is 4.79 Å². The molecule has 20 heavy (non-hydrogen) atoms. The maximum atomic E-state index is 12.1. The van der Waals surface area contributed by atoms with Gasteiger partial charge in [0.2, 0.25) is 5.91 Å². The van der Waals surface area contributed by atoms with Crippen LogP contribution in [0.2, 0.25) is 0 Å². The molecule has 0 aliphatic heterocycles. The number of nitrogens with one attached hydrogen (secondary N) is 2. The van der Waals surface area contributed by atoms with E-state index in [1.54, 1.807) is 14.1 Å². The van der Waals surface area contributed by atoms with E-state index in [0.717, 1.165) is 12.8 Å². The first-order valence-electron chi connectivity index (χ1n) is 7.31. The number of hydrogen-bond acceptors (Lipinski definition) is 3. The van der Waals surface area contributed by atoms with Crippen LogP contribution in [0.4, 0.5) is 4.79 Å². The van der Waals surface area contributed by atoms with E-state index in [1.807, 2.05) is 0 Å². The lowest BCUT2D eigenvalue weighted by Crippen LogP contribution is -2.46. The number of nitrogens with two attached hydrogens (primary N) is 1. The zero-order valence-corrected chi connectivity index (χ0v) is 13.0. The Labute approximate surface area is 121 Å². The fourth-order valence-electron chi connectivity index (χ4n) is 2.69. The first-order chi connectivity index (χ1) is 9.32. The summed E-state index contributed by atoms with van der Waals surface area (Å²) in [6.07, 6.45) is 1.74. The third-order valence-corrected chi connectivity index (χ3v) is 4.13. The van der Waals surface area contributed by atoms with Crippen molar-refractivity contribution in [1.82, 2.24) is 15.5 Å². The van der Waals surface area contributed by atoms with E-state index < -0.39 is 0 Å². The fraction of sp³-hybridized carbons (Fsp3) is 0.857. The number of nitrogens with zero attached hydrogens (tertiary/aromatic N) is 1. The molecule has 0 heterocycles. The number of amides is 3. The second-order valence-electron chi connectivity index (χ2n) is 6.11. The average molecular weight is 284 g/mol. The molecule has 116 valence electrons. The molecule has 1 saturated carbocycles. The van der Waals surface area contributed by atoms with Crippen molar-refractivity contribution < 1.29 is 9.59 Å². The van der Waals surface area contributed by atoms with Gasteiger partial charge in [0.1, 0.15) is 0 Å². The van der Waals surface area contributed by atoms with Crippen molar-refractivity contribution in [3.8, 4) is 0 Å². The highest BCUT2D eigenvalue weighted by atomic mass is 16.2. The van der Waals surface area contributed by atoms with E-state index in [2.05, 4.69) is 24.5 Å². The predicted octanol–water partition coefficient (Wildman–Crippen LogP) is 0.383. The maximum Gasteiger partial charge on any atom is 0.316 e. The van der Waals surface area contributed by atoms with Gasteiger partial charge in [-0.2, -0.15) is 0 Å². The highest BCUT2D eigenvalue weighted by molar-refractivity contribution is 5.79. The summed E-state index contributed by atoms with van der Waals surface area (Å²) < 4.78 is 0. The summed E-state index contributed by atoms with van der Waals surface area (Å²) in [7, 11) is 3.36. The van der Waals surface area contributed by atoms with Crippen LogP contribution in [0.1, 0.15) is 26.7 Å². The predicted molar refractivity (Wildman–Crippen MR) is 79.1 cm³/mol. The normalized spacial score (nSPS) is 29.6. The van der Waals surface area contributed by atoms with Gasteiger partial charge >= 0.3 is 6.03 Å². The van der Waals surface area contributed by atoms with Gasteiger partial charge in [0.25, 0.3) is 0 Å². The molecule has 0 bridgehead atoms. The molecule has 0 aromatic heterocycles.